The van der Waals surface area contributed by atoms with Gasteiger partial charge < -0.3 is 9.84 Å². The third-order valence-electron chi connectivity index (χ3n) is 1.17. The first-order valence-electron chi connectivity index (χ1n) is 3.26. The van der Waals surface area contributed by atoms with Gasteiger partial charge in [0.15, 0.2) is 0 Å². The monoisotopic (exact) mass is 230 g/mol. The van der Waals surface area contributed by atoms with Crippen molar-refractivity contribution in [3.63, 3.8) is 0 Å². The number of carbonyl (C=O) groups excluding carboxylic acids is 1. The van der Waals surface area contributed by atoms with Crippen molar-refractivity contribution in [2.45, 2.75) is 6.92 Å². The van der Waals surface area contributed by atoms with E-state index in [1.54, 1.807) is 0 Å². The second-order valence-electron chi connectivity index (χ2n) is 2.21. The molecule has 0 aliphatic carbocycles. The Balaban J connectivity index is 2.93. The molecule has 3 nitrogen and oxygen atoms in total. The minimum Gasteiger partial charge on any atom is -0.508 e. The third-order valence-corrected chi connectivity index (χ3v) is 1.79. The van der Waals surface area contributed by atoms with Gasteiger partial charge in [-0.05, 0) is 34.1 Å². The van der Waals surface area contributed by atoms with Crippen LogP contribution in [0.25, 0.3) is 0 Å². The zero-order chi connectivity index (χ0) is 9.14. The van der Waals surface area contributed by atoms with Gasteiger partial charge in [0.1, 0.15) is 11.5 Å². The Kier molecular flexibility index (Phi) is 2.70. The molecule has 4 heteroatoms. The van der Waals surface area contributed by atoms with E-state index >= 15 is 0 Å². The number of ether oxygens (including phenoxy) is 1. The number of aromatic hydroxyl groups is 1. The van der Waals surface area contributed by atoms with Gasteiger partial charge in [-0.15, -0.1) is 0 Å². The topological polar surface area (TPSA) is 46.5 Å². The van der Waals surface area contributed by atoms with Crippen molar-refractivity contribution in [2.75, 3.05) is 0 Å². The number of benzene rings is 1. The lowest BCUT2D eigenvalue weighted by Gasteiger charge is -2.03. The maximum atomic E-state index is 10.5. The fraction of sp³-hybridized carbons (Fsp3) is 0.125. The van der Waals surface area contributed by atoms with Gasteiger partial charge in [0.25, 0.3) is 0 Å². The van der Waals surface area contributed by atoms with Crippen LogP contribution in [0.5, 0.6) is 11.5 Å². The summed E-state index contributed by atoms with van der Waals surface area (Å²) in [5, 5.41) is 9.00. The van der Waals surface area contributed by atoms with Crippen molar-refractivity contribution in [3.05, 3.63) is 22.7 Å². The number of hydrogen-bond acceptors (Lipinski definition) is 3. The predicted molar refractivity (Wildman–Crippen MR) is 47.1 cm³/mol. The van der Waals surface area contributed by atoms with Crippen LogP contribution in [0.2, 0.25) is 0 Å². The van der Waals surface area contributed by atoms with Gasteiger partial charge >= 0.3 is 5.97 Å². The van der Waals surface area contributed by atoms with Crippen LogP contribution in [-0.2, 0) is 4.79 Å². The van der Waals surface area contributed by atoms with Crippen LogP contribution < -0.4 is 4.74 Å². The van der Waals surface area contributed by atoms with Crippen LogP contribution >= 0.6 is 15.9 Å². The molecular weight excluding hydrogens is 224 g/mol. The first-order valence-corrected chi connectivity index (χ1v) is 4.06. The summed E-state index contributed by atoms with van der Waals surface area (Å²) in [6.07, 6.45) is 0. The van der Waals surface area contributed by atoms with Gasteiger partial charge in [-0.25, -0.2) is 0 Å². The van der Waals surface area contributed by atoms with Crippen molar-refractivity contribution in [3.8, 4) is 11.5 Å². The molecular formula is C8H7BrO3. The number of halogens is 1. The largest absolute Gasteiger partial charge is 0.508 e. The smallest absolute Gasteiger partial charge is 0.308 e. The van der Waals surface area contributed by atoms with Gasteiger partial charge in [-0.1, -0.05) is 0 Å². The zero-order valence-electron chi connectivity index (χ0n) is 6.37. The lowest BCUT2D eigenvalue weighted by molar-refractivity contribution is -0.131. The summed E-state index contributed by atoms with van der Waals surface area (Å²) in [7, 11) is 0. The molecule has 0 amide bonds. The molecule has 0 aliphatic rings. The Morgan fingerprint density at radius 3 is 2.75 bits per heavy atom. The molecule has 0 saturated carbocycles. The molecule has 1 rings (SSSR count). The maximum Gasteiger partial charge on any atom is 0.308 e. The summed E-state index contributed by atoms with van der Waals surface area (Å²) < 4.78 is 5.36. The van der Waals surface area contributed by atoms with Gasteiger partial charge in [0.2, 0.25) is 0 Å². The minimum atomic E-state index is -0.388. The predicted octanol–water partition coefficient (Wildman–Crippen LogP) is 2.08. The molecule has 0 aromatic heterocycles. The van der Waals surface area contributed by atoms with E-state index < -0.39 is 0 Å². The Hall–Kier alpha value is -1.03. The van der Waals surface area contributed by atoms with Crippen molar-refractivity contribution in [2.24, 2.45) is 0 Å². The molecule has 0 fully saturated rings. The van der Waals surface area contributed by atoms with E-state index in [1.165, 1.54) is 25.1 Å². The number of esters is 1. The van der Waals surface area contributed by atoms with Crippen LogP contribution in [0.1, 0.15) is 6.92 Å². The summed E-state index contributed by atoms with van der Waals surface area (Å²) in [5.41, 5.74) is 0. The summed E-state index contributed by atoms with van der Waals surface area (Å²) in [6.45, 7) is 1.32. The fourth-order valence-electron chi connectivity index (χ4n) is 0.727. The molecule has 0 spiro atoms. The molecule has 0 aliphatic heterocycles. The Morgan fingerprint density at radius 2 is 2.25 bits per heavy atom. The number of rotatable bonds is 1. The van der Waals surface area contributed by atoms with E-state index in [1.807, 2.05) is 0 Å². The number of phenols is 1. The van der Waals surface area contributed by atoms with Gasteiger partial charge in [-0.3, -0.25) is 4.79 Å². The van der Waals surface area contributed by atoms with Gasteiger partial charge in [0.05, 0.1) is 4.47 Å². The molecule has 1 aromatic rings. The van der Waals surface area contributed by atoms with Gasteiger partial charge in [-0.2, -0.15) is 0 Å². The first kappa shape index (κ1) is 9.06. The van der Waals surface area contributed by atoms with Gasteiger partial charge in [0, 0.05) is 6.92 Å². The summed E-state index contributed by atoms with van der Waals surface area (Å²) >= 11 is 3.14. The van der Waals surface area contributed by atoms with Crippen LogP contribution in [-0.4, -0.2) is 11.1 Å². The molecule has 0 atom stereocenters. The molecule has 1 N–H and O–H groups in total. The summed E-state index contributed by atoms with van der Waals surface area (Å²) in [5.74, 6) is 0.138. The van der Waals surface area contributed by atoms with Crippen LogP contribution in [0.3, 0.4) is 0 Å². The zero-order valence-corrected chi connectivity index (χ0v) is 7.96. The fourth-order valence-corrected chi connectivity index (χ4v) is 1.18. The normalized spacial score (nSPS) is 9.50. The maximum absolute atomic E-state index is 10.5. The molecule has 0 radical (unpaired) electrons. The molecule has 0 bridgehead atoms. The highest BCUT2D eigenvalue weighted by atomic mass is 79.9. The van der Waals surface area contributed by atoms with E-state index in [2.05, 4.69) is 15.9 Å². The average Bonchev–Trinajstić information content (AvgIpc) is 1.94. The highest BCUT2D eigenvalue weighted by molar-refractivity contribution is 9.10. The van der Waals surface area contributed by atoms with Crippen LogP contribution in [0.15, 0.2) is 22.7 Å². The second-order valence-corrected chi connectivity index (χ2v) is 3.06. The van der Waals surface area contributed by atoms with E-state index in [0.717, 1.165) is 0 Å². The number of hydrogen-bond donors (Lipinski definition) is 1. The lowest BCUT2D eigenvalue weighted by Crippen LogP contribution is -2.01. The highest BCUT2D eigenvalue weighted by Gasteiger charge is 2.03. The lowest BCUT2D eigenvalue weighted by atomic mass is 10.3. The minimum absolute atomic E-state index is 0.123. The molecule has 0 unspecified atom stereocenters. The Morgan fingerprint density at radius 1 is 1.58 bits per heavy atom. The van der Waals surface area contributed by atoms with E-state index in [-0.39, 0.29) is 11.7 Å². The van der Waals surface area contributed by atoms with Crippen molar-refractivity contribution < 1.29 is 14.6 Å². The third kappa shape index (κ3) is 2.23. The standard InChI is InChI=1S/C8H7BrO3/c1-5(10)12-8-3-2-6(11)4-7(8)9/h2-4,11H,1H3. The second kappa shape index (κ2) is 3.58. The van der Waals surface area contributed by atoms with Crippen molar-refractivity contribution >= 4 is 21.9 Å². The first-order chi connectivity index (χ1) is 5.59. The average molecular weight is 231 g/mol. The van der Waals surface area contributed by atoms with Crippen molar-refractivity contribution in [1.82, 2.24) is 0 Å². The van der Waals surface area contributed by atoms with E-state index in [4.69, 9.17) is 9.84 Å². The Bertz CT molecular complexity index is 309. The number of carbonyl (C=O) groups is 1. The Labute approximate surface area is 78.1 Å². The summed E-state index contributed by atoms with van der Waals surface area (Å²) in [4.78, 5) is 10.5. The molecule has 0 heterocycles. The van der Waals surface area contributed by atoms with E-state index in [0.29, 0.717) is 10.2 Å². The summed E-state index contributed by atoms with van der Waals surface area (Å²) in [6, 6.07) is 4.42. The quantitative estimate of drug-likeness (QED) is 0.594. The van der Waals surface area contributed by atoms with Crippen LogP contribution in [0, 0.1) is 0 Å². The van der Waals surface area contributed by atoms with Crippen molar-refractivity contribution in [1.29, 1.82) is 0 Å². The SMILES string of the molecule is CC(=O)Oc1ccc(O)cc1Br. The highest BCUT2D eigenvalue weighted by Crippen LogP contribution is 2.28. The molecule has 12 heavy (non-hydrogen) atoms. The number of phenolic OH excluding ortho intramolecular Hbond substituents is 1. The van der Waals surface area contributed by atoms with E-state index in [9.17, 15) is 4.79 Å². The molecule has 0 saturated heterocycles. The molecule has 64 valence electrons. The van der Waals surface area contributed by atoms with Crippen LogP contribution in [0.4, 0.5) is 0 Å². The molecule has 1 aromatic carbocycles.